The number of aryl methyl sites for hydroxylation is 1. The van der Waals surface area contributed by atoms with Crippen LogP contribution in [0, 0.1) is 6.92 Å². The van der Waals surface area contributed by atoms with Gasteiger partial charge >= 0.3 is 0 Å². The maximum absolute atomic E-state index is 5.32. The normalized spacial score (nSPS) is 24.2. The molecule has 66 valence electrons. The van der Waals surface area contributed by atoms with Crippen molar-refractivity contribution in [3.05, 3.63) is 11.8 Å². The van der Waals surface area contributed by atoms with Gasteiger partial charge in [0.15, 0.2) is 0 Å². The molecule has 1 N–H and O–H groups in total. The number of hydrogen-bond donors (Lipinski definition) is 1. The summed E-state index contributed by atoms with van der Waals surface area (Å²) in [6.45, 7) is 2.84. The van der Waals surface area contributed by atoms with Gasteiger partial charge in [-0.15, -0.1) is 10.2 Å². The molecule has 0 bridgehead atoms. The van der Waals surface area contributed by atoms with Crippen LogP contribution in [0.25, 0.3) is 0 Å². The van der Waals surface area contributed by atoms with Crippen LogP contribution in [0.4, 0.5) is 0 Å². The highest BCUT2D eigenvalue weighted by Gasteiger charge is 2.19. The number of thioether (sulfide) groups is 1. The first-order valence-corrected chi connectivity index (χ1v) is 5.13. The second kappa shape index (κ2) is 3.45. The van der Waals surface area contributed by atoms with Gasteiger partial charge in [-0.05, 0) is 0 Å². The molecule has 0 aromatic carbocycles. The Kier molecular flexibility index (Phi) is 2.32. The fourth-order valence-corrected chi connectivity index (χ4v) is 2.10. The summed E-state index contributed by atoms with van der Waals surface area (Å²) in [5.74, 6) is 3.56. The van der Waals surface area contributed by atoms with Crippen LogP contribution in [0.1, 0.15) is 17.8 Å². The van der Waals surface area contributed by atoms with Crippen LogP contribution in [-0.4, -0.2) is 28.2 Å². The van der Waals surface area contributed by atoms with Crippen molar-refractivity contribution in [1.82, 2.24) is 15.5 Å². The van der Waals surface area contributed by atoms with E-state index in [9.17, 15) is 0 Å². The molecule has 1 aliphatic heterocycles. The molecule has 1 atom stereocenters. The van der Waals surface area contributed by atoms with Gasteiger partial charge in [0.2, 0.25) is 11.8 Å². The highest BCUT2D eigenvalue weighted by molar-refractivity contribution is 7.99. The molecule has 4 nitrogen and oxygen atoms in total. The number of hydrogen-bond acceptors (Lipinski definition) is 5. The second-order valence-corrected chi connectivity index (χ2v) is 3.89. The van der Waals surface area contributed by atoms with Crippen LogP contribution < -0.4 is 5.32 Å². The first-order chi connectivity index (χ1) is 5.86. The molecule has 5 heteroatoms. The zero-order valence-electron chi connectivity index (χ0n) is 6.91. The van der Waals surface area contributed by atoms with Gasteiger partial charge in [-0.1, -0.05) is 0 Å². The molecule has 1 aromatic rings. The SMILES string of the molecule is Cc1nnc(C2CSCCN2)o1. The molecule has 0 aliphatic carbocycles. The minimum Gasteiger partial charge on any atom is -0.424 e. The van der Waals surface area contributed by atoms with Gasteiger partial charge in [0.25, 0.3) is 0 Å². The molecule has 1 saturated heterocycles. The van der Waals surface area contributed by atoms with E-state index < -0.39 is 0 Å². The van der Waals surface area contributed by atoms with Gasteiger partial charge in [0.05, 0.1) is 6.04 Å². The standard InChI is InChI=1S/C7H11N3OS/c1-5-9-10-7(11-5)6-4-12-3-2-8-6/h6,8H,2-4H2,1H3. The Hall–Kier alpha value is -0.550. The molecule has 0 spiro atoms. The van der Waals surface area contributed by atoms with Gasteiger partial charge in [-0.3, -0.25) is 0 Å². The summed E-state index contributed by atoms with van der Waals surface area (Å²) in [4.78, 5) is 0. The van der Waals surface area contributed by atoms with E-state index in [0.717, 1.165) is 18.2 Å². The predicted molar refractivity (Wildman–Crippen MR) is 47.1 cm³/mol. The number of rotatable bonds is 1. The predicted octanol–water partition coefficient (Wildman–Crippen LogP) is 0.756. The molecule has 0 saturated carbocycles. The first-order valence-electron chi connectivity index (χ1n) is 3.97. The van der Waals surface area contributed by atoms with E-state index in [4.69, 9.17) is 4.42 Å². The molecule has 0 radical (unpaired) electrons. The van der Waals surface area contributed by atoms with Crippen molar-refractivity contribution in [2.45, 2.75) is 13.0 Å². The van der Waals surface area contributed by atoms with Crippen LogP contribution in [0.5, 0.6) is 0 Å². The molecule has 0 amide bonds. The Bertz CT molecular complexity index is 257. The van der Waals surface area contributed by atoms with Crippen LogP contribution in [0.15, 0.2) is 4.42 Å². The maximum atomic E-state index is 5.32. The highest BCUT2D eigenvalue weighted by Crippen LogP contribution is 2.20. The average Bonchev–Trinajstić information content (AvgIpc) is 2.54. The van der Waals surface area contributed by atoms with E-state index >= 15 is 0 Å². The molecule has 1 aliphatic rings. The number of nitrogens with zero attached hydrogens (tertiary/aromatic N) is 2. The molecular formula is C7H11N3OS. The van der Waals surface area contributed by atoms with E-state index in [1.54, 1.807) is 0 Å². The fourth-order valence-electron chi connectivity index (χ4n) is 1.18. The van der Waals surface area contributed by atoms with Gasteiger partial charge in [0, 0.05) is 25.0 Å². The lowest BCUT2D eigenvalue weighted by Gasteiger charge is -2.19. The molecule has 12 heavy (non-hydrogen) atoms. The summed E-state index contributed by atoms with van der Waals surface area (Å²) >= 11 is 1.92. The van der Waals surface area contributed by atoms with Crippen molar-refractivity contribution in [2.24, 2.45) is 0 Å². The van der Waals surface area contributed by atoms with Gasteiger partial charge < -0.3 is 9.73 Å². The van der Waals surface area contributed by atoms with Crippen molar-refractivity contribution in [3.8, 4) is 0 Å². The van der Waals surface area contributed by atoms with Crippen molar-refractivity contribution in [2.75, 3.05) is 18.1 Å². The minimum atomic E-state index is 0.255. The molecule has 1 aromatic heterocycles. The Morgan fingerprint density at radius 2 is 2.50 bits per heavy atom. The monoisotopic (exact) mass is 185 g/mol. The Morgan fingerprint density at radius 1 is 1.58 bits per heavy atom. The Morgan fingerprint density at radius 3 is 3.08 bits per heavy atom. The largest absolute Gasteiger partial charge is 0.424 e. The summed E-state index contributed by atoms with van der Waals surface area (Å²) in [5, 5.41) is 11.1. The molecular weight excluding hydrogens is 174 g/mol. The highest BCUT2D eigenvalue weighted by atomic mass is 32.2. The Labute approximate surface area is 75.1 Å². The summed E-state index contributed by atoms with van der Waals surface area (Å²) in [7, 11) is 0. The topological polar surface area (TPSA) is 51.0 Å². The third kappa shape index (κ3) is 1.61. The van der Waals surface area contributed by atoms with Crippen LogP contribution in [0.3, 0.4) is 0 Å². The average molecular weight is 185 g/mol. The van der Waals surface area contributed by atoms with E-state index in [2.05, 4.69) is 15.5 Å². The van der Waals surface area contributed by atoms with Crippen LogP contribution >= 0.6 is 11.8 Å². The lowest BCUT2D eigenvalue weighted by atomic mass is 10.3. The molecule has 2 rings (SSSR count). The zero-order valence-corrected chi connectivity index (χ0v) is 7.73. The quantitative estimate of drug-likeness (QED) is 0.700. The summed E-state index contributed by atoms with van der Waals surface area (Å²) < 4.78 is 5.32. The smallest absolute Gasteiger partial charge is 0.234 e. The summed E-state index contributed by atoms with van der Waals surface area (Å²) in [5.41, 5.74) is 0. The van der Waals surface area contributed by atoms with Crippen LogP contribution in [-0.2, 0) is 0 Å². The fraction of sp³-hybridized carbons (Fsp3) is 0.714. The van der Waals surface area contributed by atoms with Crippen molar-refractivity contribution in [1.29, 1.82) is 0 Å². The van der Waals surface area contributed by atoms with Crippen LogP contribution in [0.2, 0.25) is 0 Å². The van der Waals surface area contributed by atoms with Gasteiger partial charge in [0.1, 0.15) is 0 Å². The van der Waals surface area contributed by atoms with Crippen molar-refractivity contribution >= 4 is 11.8 Å². The third-order valence-corrected chi connectivity index (χ3v) is 2.82. The maximum Gasteiger partial charge on any atom is 0.234 e. The lowest BCUT2D eigenvalue weighted by Crippen LogP contribution is -2.30. The lowest BCUT2D eigenvalue weighted by molar-refractivity contribution is 0.407. The van der Waals surface area contributed by atoms with Gasteiger partial charge in [-0.25, -0.2) is 0 Å². The number of aromatic nitrogens is 2. The zero-order chi connectivity index (χ0) is 8.39. The van der Waals surface area contributed by atoms with Gasteiger partial charge in [-0.2, -0.15) is 11.8 Å². The second-order valence-electron chi connectivity index (χ2n) is 2.74. The van der Waals surface area contributed by atoms with E-state index in [0.29, 0.717) is 5.89 Å². The van der Waals surface area contributed by atoms with E-state index in [-0.39, 0.29) is 6.04 Å². The van der Waals surface area contributed by atoms with Crippen molar-refractivity contribution in [3.63, 3.8) is 0 Å². The molecule has 1 fully saturated rings. The van der Waals surface area contributed by atoms with E-state index in [1.165, 1.54) is 5.75 Å². The Balaban J connectivity index is 2.08. The number of nitrogens with one attached hydrogen (secondary N) is 1. The third-order valence-electron chi connectivity index (χ3n) is 1.76. The molecule has 2 heterocycles. The minimum absolute atomic E-state index is 0.255. The first kappa shape index (κ1) is 8.07. The summed E-state index contributed by atoms with van der Waals surface area (Å²) in [6, 6.07) is 0.255. The van der Waals surface area contributed by atoms with Crippen molar-refractivity contribution < 1.29 is 4.42 Å². The molecule has 1 unspecified atom stereocenters. The summed E-state index contributed by atoms with van der Waals surface area (Å²) in [6.07, 6.45) is 0. The van der Waals surface area contributed by atoms with E-state index in [1.807, 2.05) is 18.7 Å².